The summed E-state index contributed by atoms with van der Waals surface area (Å²) in [6.45, 7) is 22.2. The molecule has 0 aromatic heterocycles. The molecule has 10 heteroatoms. The molecule has 0 aliphatic carbocycles. The number of carbonyl (C=O) groups excluding carboxylic acids is 1. The van der Waals surface area contributed by atoms with E-state index in [-0.39, 0.29) is 12.6 Å². The fourth-order valence-corrected chi connectivity index (χ4v) is 17.4. The summed E-state index contributed by atoms with van der Waals surface area (Å²) < 4.78 is 34.7. The van der Waals surface area contributed by atoms with Crippen LogP contribution >= 0.6 is 0 Å². The van der Waals surface area contributed by atoms with Gasteiger partial charge in [0.1, 0.15) is 12.7 Å². The Balaban J connectivity index is 2.20. The second-order valence-corrected chi connectivity index (χ2v) is 22.4. The maximum absolute atomic E-state index is 11.3. The van der Waals surface area contributed by atoms with Crippen LogP contribution in [0.25, 0.3) is 0 Å². The van der Waals surface area contributed by atoms with Crippen LogP contribution < -0.4 is 0 Å². The van der Waals surface area contributed by atoms with Crippen LogP contribution in [0.1, 0.15) is 19.8 Å². The van der Waals surface area contributed by atoms with Crippen LogP contribution in [-0.4, -0.2) is 76.9 Å². The lowest BCUT2D eigenvalue weighted by Crippen LogP contribution is -2.52. The van der Waals surface area contributed by atoms with Gasteiger partial charge in [0.05, 0.1) is 19.8 Å². The number of carbonyl (C=O) groups is 1. The van der Waals surface area contributed by atoms with E-state index in [0.717, 1.165) is 44.8 Å². The van der Waals surface area contributed by atoms with E-state index in [0.29, 0.717) is 24.9 Å². The van der Waals surface area contributed by atoms with E-state index in [1.807, 2.05) is 0 Å². The van der Waals surface area contributed by atoms with Gasteiger partial charge in [-0.3, -0.25) is 0 Å². The van der Waals surface area contributed by atoms with E-state index < -0.39 is 25.2 Å². The molecule has 1 fully saturated rings. The number of hydrogen-bond donors (Lipinski definition) is 0. The molecule has 0 N–H and O–H groups in total. The van der Waals surface area contributed by atoms with Crippen LogP contribution in [0, 0.1) is 0 Å². The third-order valence-corrected chi connectivity index (χ3v) is 16.2. The highest BCUT2D eigenvalue weighted by molar-refractivity contribution is 6.87. The minimum absolute atomic E-state index is 0.260. The van der Waals surface area contributed by atoms with Crippen molar-refractivity contribution in [2.45, 2.75) is 77.2 Å². The second-order valence-electron chi connectivity index (χ2n) is 9.89. The number of ether oxygens (including phenoxy) is 4. The Bertz CT molecular complexity index is 563. The first-order chi connectivity index (χ1) is 14.3. The lowest BCUT2D eigenvalue weighted by molar-refractivity contribution is -0.140. The maximum atomic E-state index is 11.3. The standard InChI is InChI=1S/C21H44O7Si3/c1-19(2)21(22)25-14-13-23-11-9-15-29(3,4)27-31(7,8)28-30(5,6)16-10-12-24-17-20-18-26-20/h20H,1,9-18H2,2-8H3. The molecule has 182 valence electrons. The summed E-state index contributed by atoms with van der Waals surface area (Å²) in [6.07, 6.45) is 2.29. The predicted molar refractivity (Wildman–Crippen MR) is 131 cm³/mol. The summed E-state index contributed by atoms with van der Waals surface area (Å²) in [5.74, 6) is -0.371. The smallest absolute Gasteiger partial charge is 0.333 e. The van der Waals surface area contributed by atoms with Crippen molar-refractivity contribution < 1.29 is 32.0 Å². The van der Waals surface area contributed by atoms with Crippen molar-refractivity contribution in [2.24, 2.45) is 0 Å². The van der Waals surface area contributed by atoms with Crippen LogP contribution in [0.15, 0.2) is 12.2 Å². The van der Waals surface area contributed by atoms with Crippen molar-refractivity contribution in [3.8, 4) is 0 Å². The molecule has 1 aliphatic rings. The molecule has 0 aromatic rings. The van der Waals surface area contributed by atoms with E-state index in [2.05, 4.69) is 45.9 Å². The van der Waals surface area contributed by atoms with Gasteiger partial charge in [-0.05, 0) is 71.1 Å². The van der Waals surface area contributed by atoms with Gasteiger partial charge in [-0.1, -0.05) is 6.58 Å². The molecule has 0 bridgehead atoms. The van der Waals surface area contributed by atoms with Crippen LogP contribution in [0.5, 0.6) is 0 Å². The summed E-state index contributed by atoms with van der Waals surface area (Å²) in [5, 5.41) is 0. The van der Waals surface area contributed by atoms with Gasteiger partial charge in [-0.15, -0.1) is 0 Å². The molecule has 1 unspecified atom stereocenters. The highest BCUT2D eigenvalue weighted by atomic mass is 28.5. The molecule has 1 aliphatic heterocycles. The van der Waals surface area contributed by atoms with E-state index in [4.69, 9.17) is 27.2 Å². The lowest BCUT2D eigenvalue weighted by atomic mass is 10.4. The summed E-state index contributed by atoms with van der Waals surface area (Å²) >= 11 is 0. The fraction of sp³-hybridized carbons (Fsp3) is 0.857. The molecular weight excluding hydrogens is 448 g/mol. The summed E-state index contributed by atoms with van der Waals surface area (Å²) in [5.41, 5.74) is 0.405. The number of epoxide rings is 1. The van der Waals surface area contributed by atoms with E-state index in [1.54, 1.807) is 6.92 Å². The van der Waals surface area contributed by atoms with Gasteiger partial charge in [0, 0.05) is 18.8 Å². The van der Waals surface area contributed by atoms with Crippen LogP contribution in [0.4, 0.5) is 0 Å². The van der Waals surface area contributed by atoms with Gasteiger partial charge in [-0.25, -0.2) is 4.79 Å². The van der Waals surface area contributed by atoms with Crippen molar-refractivity contribution in [3.63, 3.8) is 0 Å². The second kappa shape index (κ2) is 13.4. The largest absolute Gasteiger partial charge is 0.460 e. The number of rotatable bonds is 18. The minimum atomic E-state index is -2.20. The molecular formula is C21H44O7Si3. The van der Waals surface area contributed by atoms with Crippen LogP contribution in [0.2, 0.25) is 51.4 Å². The van der Waals surface area contributed by atoms with Gasteiger partial charge in [0.15, 0.2) is 16.6 Å². The van der Waals surface area contributed by atoms with Crippen LogP contribution in [0.3, 0.4) is 0 Å². The lowest BCUT2D eigenvalue weighted by Gasteiger charge is -2.38. The highest BCUT2D eigenvalue weighted by Crippen LogP contribution is 2.26. The Morgan fingerprint density at radius 2 is 1.42 bits per heavy atom. The van der Waals surface area contributed by atoms with Gasteiger partial charge in [0.2, 0.25) is 0 Å². The zero-order valence-electron chi connectivity index (χ0n) is 20.7. The summed E-state index contributed by atoms with van der Waals surface area (Å²) in [6, 6.07) is 2.08. The molecule has 0 spiro atoms. The third kappa shape index (κ3) is 15.2. The van der Waals surface area contributed by atoms with Crippen molar-refractivity contribution in [3.05, 3.63) is 12.2 Å². The SMILES string of the molecule is C=C(C)C(=O)OCCOCCC[Si](C)(C)O[Si](C)(C)O[Si](C)(C)CCCOCC1CO1. The molecule has 1 heterocycles. The summed E-state index contributed by atoms with van der Waals surface area (Å²) in [4.78, 5) is 11.3. The van der Waals surface area contributed by atoms with Crippen molar-refractivity contribution in [1.82, 2.24) is 0 Å². The zero-order valence-corrected chi connectivity index (χ0v) is 23.7. The normalized spacial score (nSPS) is 16.9. The molecule has 1 saturated heterocycles. The first kappa shape index (κ1) is 28.7. The van der Waals surface area contributed by atoms with E-state index in [1.165, 1.54) is 0 Å². The number of esters is 1. The van der Waals surface area contributed by atoms with Gasteiger partial charge in [-0.2, -0.15) is 0 Å². The molecule has 1 rings (SSSR count). The van der Waals surface area contributed by atoms with Crippen molar-refractivity contribution in [2.75, 3.05) is 39.6 Å². The molecule has 0 radical (unpaired) electrons. The first-order valence-corrected chi connectivity index (χ1v) is 20.4. The Morgan fingerprint density at radius 1 is 0.903 bits per heavy atom. The zero-order chi connectivity index (χ0) is 23.5. The Morgan fingerprint density at radius 3 is 1.90 bits per heavy atom. The molecule has 0 saturated carbocycles. The predicted octanol–water partition coefficient (Wildman–Crippen LogP) is 4.46. The van der Waals surface area contributed by atoms with Gasteiger partial charge in [0.25, 0.3) is 0 Å². The fourth-order valence-electron chi connectivity index (χ4n) is 3.45. The average Bonchev–Trinajstić information content (AvgIpc) is 3.42. The Labute approximate surface area is 192 Å². The number of hydrogen-bond acceptors (Lipinski definition) is 7. The Hall–Kier alpha value is -0.339. The maximum Gasteiger partial charge on any atom is 0.333 e. The Kier molecular flexibility index (Phi) is 12.4. The monoisotopic (exact) mass is 492 g/mol. The molecule has 31 heavy (non-hydrogen) atoms. The molecule has 0 aromatic carbocycles. The molecule has 7 nitrogen and oxygen atoms in total. The van der Waals surface area contributed by atoms with Crippen molar-refractivity contribution >= 4 is 31.2 Å². The first-order valence-electron chi connectivity index (χ1n) is 11.3. The molecule has 1 atom stereocenters. The van der Waals surface area contributed by atoms with Crippen LogP contribution in [-0.2, 0) is 32.0 Å². The highest BCUT2D eigenvalue weighted by Gasteiger charge is 2.39. The van der Waals surface area contributed by atoms with E-state index >= 15 is 0 Å². The van der Waals surface area contributed by atoms with Crippen molar-refractivity contribution in [1.29, 1.82) is 0 Å². The summed E-state index contributed by atoms with van der Waals surface area (Å²) in [7, 11) is -5.84. The topological polar surface area (TPSA) is 75.8 Å². The van der Waals surface area contributed by atoms with E-state index in [9.17, 15) is 4.79 Å². The average molecular weight is 493 g/mol. The van der Waals surface area contributed by atoms with Gasteiger partial charge < -0.3 is 27.2 Å². The quantitative estimate of drug-likeness (QED) is 0.0919. The molecule has 0 amide bonds. The third-order valence-electron chi connectivity index (χ3n) is 4.69. The minimum Gasteiger partial charge on any atom is -0.460 e. The van der Waals surface area contributed by atoms with Gasteiger partial charge >= 0.3 is 14.5 Å².